The van der Waals surface area contributed by atoms with Gasteiger partial charge in [0.15, 0.2) is 5.78 Å². The first-order valence-corrected chi connectivity index (χ1v) is 6.11. The van der Waals surface area contributed by atoms with Crippen LogP contribution in [-0.4, -0.2) is 5.78 Å². The van der Waals surface area contributed by atoms with Gasteiger partial charge >= 0.3 is 0 Å². The van der Waals surface area contributed by atoms with Gasteiger partial charge in [-0.2, -0.15) is 0 Å². The molecule has 0 spiro atoms. The Labute approximate surface area is 113 Å². The molecule has 0 aliphatic heterocycles. The number of ketones is 1. The van der Waals surface area contributed by atoms with E-state index >= 15 is 0 Å². The van der Waals surface area contributed by atoms with Crippen LogP contribution in [0.25, 0.3) is 0 Å². The van der Waals surface area contributed by atoms with Crippen molar-refractivity contribution in [1.82, 2.24) is 0 Å². The second-order valence-corrected chi connectivity index (χ2v) is 4.81. The normalized spacial score (nSPS) is 10.2. The van der Waals surface area contributed by atoms with Crippen molar-refractivity contribution in [2.45, 2.75) is 0 Å². The third-order valence-corrected chi connectivity index (χ3v) is 3.40. The zero-order valence-corrected chi connectivity index (χ0v) is 11.1. The van der Waals surface area contributed by atoms with E-state index in [1.54, 1.807) is 24.3 Å². The summed E-state index contributed by atoms with van der Waals surface area (Å²) in [4.78, 5) is 12.2. The van der Waals surface area contributed by atoms with Crippen LogP contribution in [0.4, 0.5) is 5.69 Å². The van der Waals surface area contributed by atoms with Crippen molar-refractivity contribution in [3.05, 3.63) is 63.1 Å². The average molecular weight is 311 g/mol. The van der Waals surface area contributed by atoms with Crippen LogP contribution in [0.5, 0.6) is 0 Å². The van der Waals surface area contributed by atoms with Gasteiger partial charge in [0.1, 0.15) is 0 Å². The summed E-state index contributed by atoms with van der Waals surface area (Å²) in [6, 6.07) is 12.1. The Hall–Kier alpha value is -1.32. The van der Waals surface area contributed by atoms with E-state index in [0.717, 1.165) is 4.47 Å². The molecule has 86 valence electrons. The summed E-state index contributed by atoms with van der Waals surface area (Å²) in [7, 11) is 0. The van der Waals surface area contributed by atoms with Gasteiger partial charge in [-0.3, -0.25) is 4.79 Å². The van der Waals surface area contributed by atoms with Gasteiger partial charge in [0.25, 0.3) is 0 Å². The van der Waals surface area contributed by atoms with E-state index < -0.39 is 0 Å². The van der Waals surface area contributed by atoms with E-state index in [0.29, 0.717) is 21.8 Å². The number of nitrogens with two attached hydrogens (primary N) is 1. The van der Waals surface area contributed by atoms with Crippen molar-refractivity contribution in [2.24, 2.45) is 0 Å². The van der Waals surface area contributed by atoms with E-state index in [2.05, 4.69) is 15.9 Å². The fourth-order valence-electron chi connectivity index (χ4n) is 1.47. The number of rotatable bonds is 2. The van der Waals surface area contributed by atoms with Crippen LogP contribution in [0.3, 0.4) is 0 Å². The summed E-state index contributed by atoms with van der Waals surface area (Å²) >= 11 is 9.24. The minimum absolute atomic E-state index is 0.0839. The Morgan fingerprint density at radius 2 is 1.88 bits per heavy atom. The van der Waals surface area contributed by atoms with Crippen LogP contribution in [0, 0.1) is 0 Å². The third kappa shape index (κ3) is 2.51. The largest absolute Gasteiger partial charge is 0.398 e. The summed E-state index contributed by atoms with van der Waals surface area (Å²) < 4.78 is 0.762. The first kappa shape index (κ1) is 12.1. The lowest BCUT2D eigenvalue weighted by atomic mass is 10.0. The molecule has 0 radical (unpaired) electrons. The van der Waals surface area contributed by atoms with Crippen molar-refractivity contribution in [3.63, 3.8) is 0 Å². The van der Waals surface area contributed by atoms with Crippen LogP contribution in [0.1, 0.15) is 15.9 Å². The number of hydrogen-bond acceptors (Lipinski definition) is 2. The predicted octanol–water partition coefficient (Wildman–Crippen LogP) is 3.92. The van der Waals surface area contributed by atoms with Crippen LogP contribution in [-0.2, 0) is 0 Å². The Bertz CT molecular complexity index is 583. The fraction of sp³-hybridized carbons (Fsp3) is 0. The molecule has 0 aliphatic rings. The van der Waals surface area contributed by atoms with Crippen molar-refractivity contribution in [2.75, 3.05) is 5.73 Å². The topological polar surface area (TPSA) is 43.1 Å². The highest BCUT2D eigenvalue weighted by Crippen LogP contribution is 2.24. The smallest absolute Gasteiger partial charge is 0.194 e. The molecule has 0 fully saturated rings. The molecule has 0 saturated carbocycles. The van der Waals surface area contributed by atoms with E-state index in [1.807, 2.05) is 18.2 Å². The molecule has 0 heterocycles. The molecule has 0 unspecified atom stereocenters. The molecule has 0 aromatic heterocycles. The summed E-state index contributed by atoms with van der Waals surface area (Å²) in [5.74, 6) is -0.0839. The lowest BCUT2D eigenvalue weighted by molar-refractivity contribution is 0.103. The SMILES string of the molecule is Nc1ccc(C(=O)c2ccccc2Br)cc1Cl. The van der Waals surface area contributed by atoms with Gasteiger partial charge in [-0.1, -0.05) is 39.7 Å². The number of anilines is 1. The molecule has 2 aromatic carbocycles. The molecule has 0 bridgehead atoms. The van der Waals surface area contributed by atoms with Crippen molar-refractivity contribution in [1.29, 1.82) is 0 Å². The van der Waals surface area contributed by atoms with Crippen molar-refractivity contribution in [3.8, 4) is 0 Å². The monoisotopic (exact) mass is 309 g/mol. The van der Waals surface area contributed by atoms with Crippen molar-refractivity contribution < 1.29 is 4.79 Å². The summed E-state index contributed by atoms with van der Waals surface area (Å²) in [5.41, 5.74) is 7.20. The number of carbonyl (C=O) groups is 1. The second-order valence-electron chi connectivity index (χ2n) is 3.55. The van der Waals surface area contributed by atoms with Crippen molar-refractivity contribution >= 4 is 39.0 Å². The fourth-order valence-corrected chi connectivity index (χ4v) is 2.11. The van der Waals surface area contributed by atoms with E-state index in [-0.39, 0.29) is 5.78 Å². The molecular formula is C13H9BrClNO. The molecule has 2 rings (SSSR count). The number of carbonyl (C=O) groups excluding carboxylic acids is 1. The first-order valence-electron chi connectivity index (χ1n) is 4.94. The summed E-state index contributed by atoms with van der Waals surface area (Å²) in [6.45, 7) is 0. The molecule has 4 heteroatoms. The van der Waals surface area contributed by atoms with E-state index in [9.17, 15) is 4.79 Å². The average Bonchev–Trinajstić information content (AvgIpc) is 2.32. The third-order valence-electron chi connectivity index (χ3n) is 2.38. The van der Waals surface area contributed by atoms with Gasteiger partial charge in [0, 0.05) is 15.6 Å². The van der Waals surface area contributed by atoms with E-state index in [1.165, 1.54) is 0 Å². The zero-order valence-electron chi connectivity index (χ0n) is 8.78. The Morgan fingerprint density at radius 3 is 2.53 bits per heavy atom. The highest BCUT2D eigenvalue weighted by atomic mass is 79.9. The number of halogens is 2. The Morgan fingerprint density at radius 1 is 1.18 bits per heavy atom. The van der Waals surface area contributed by atoms with Crippen LogP contribution in [0.15, 0.2) is 46.9 Å². The quantitative estimate of drug-likeness (QED) is 0.675. The molecule has 0 saturated heterocycles. The van der Waals surface area contributed by atoms with E-state index in [4.69, 9.17) is 17.3 Å². The Kier molecular flexibility index (Phi) is 3.50. The number of hydrogen-bond donors (Lipinski definition) is 1. The standard InChI is InChI=1S/C13H9BrClNO/c14-10-4-2-1-3-9(10)13(17)8-5-6-12(16)11(15)7-8/h1-7H,16H2. The molecular weight excluding hydrogens is 302 g/mol. The highest BCUT2D eigenvalue weighted by Gasteiger charge is 2.12. The minimum atomic E-state index is -0.0839. The lowest BCUT2D eigenvalue weighted by Gasteiger charge is -2.05. The molecule has 2 nitrogen and oxygen atoms in total. The summed E-state index contributed by atoms with van der Waals surface area (Å²) in [6.07, 6.45) is 0. The number of nitrogen functional groups attached to an aromatic ring is 1. The molecule has 0 aliphatic carbocycles. The van der Waals surface area contributed by atoms with Crippen LogP contribution >= 0.6 is 27.5 Å². The Balaban J connectivity index is 2.44. The number of benzene rings is 2. The lowest BCUT2D eigenvalue weighted by Crippen LogP contribution is -2.02. The van der Waals surface area contributed by atoms with Crippen LogP contribution in [0.2, 0.25) is 5.02 Å². The van der Waals surface area contributed by atoms with Gasteiger partial charge in [-0.25, -0.2) is 0 Å². The van der Waals surface area contributed by atoms with Crippen LogP contribution < -0.4 is 5.73 Å². The molecule has 0 atom stereocenters. The van der Waals surface area contributed by atoms with Gasteiger partial charge in [0.2, 0.25) is 0 Å². The van der Waals surface area contributed by atoms with Gasteiger partial charge in [-0.05, 0) is 30.3 Å². The predicted molar refractivity (Wildman–Crippen MR) is 73.4 cm³/mol. The minimum Gasteiger partial charge on any atom is -0.398 e. The zero-order chi connectivity index (χ0) is 12.4. The maximum Gasteiger partial charge on any atom is 0.194 e. The molecule has 2 N–H and O–H groups in total. The summed E-state index contributed by atoms with van der Waals surface area (Å²) in [5, 5.41) is 0.392. The van der Waals surface area contributed by atoms with Gasteiger partial charge < -0.3 is 5.73 Å². The highest BCUT2D eigenvalue weighted by molar-refractivity contribution is 9.10. The second kappa shape index (κ2) is 4.90. The van der Waals surface area contributed by atoms with Gasteiger partial charge in [-0.15, -0.1) is 0 Å². The maximum atomic E-state index is 12.2. The molecule has 0 amide bonds. The first-order chi connectivity index (χ1) is 8.09. The van der Waals surface area contributed by atoms with Gasteiger partial charge in [0.05, 0.1) is 10.7 Å². The maximum absolute atomic E-state index is 12.2. The molecule has 17 heavy (non-hydrogen) atoms. The molecule has 2 aromatic rings.